The van der Waals surface area contributed by atoms with Crippen molar-refractivity contribution in [2.45, 2.75) is 31.2 Å². The Morgan fingerprint density at radius 1 is 1.07 bits per heavy atom. The lowest BCUT2D eigenvalue weighted by Crippen LogP contribution is -2.37. The van der Waals surface area contributed by atoms with Gasteiger partial charge in [0.05, 0.1) is 11.8 Å². The van der Waals surface area contributed by atoms with E-state index in [1.807, 2.05) is 66.9 Å². The van der Waals surface area contributed by atoms with Crippen molar-refractivity contribution in [2.24, 2.45) is 0 Å². The van der Waals surface area contributed by atoms with Gasteiger partial charge in [-0.25, -0.2) is 0 Å². The highest BCUT2D eigenvalue weighted by Gasteiger charge is 2.19. The topological polar surface area (TPSA) is 88.9 Å². The highest BCUT2D eigenvalue weighted by Crippen LogP contribution is 2.24. The van der Waals surface area contributed by atoms with Crippen LogP contribution in [0.4, 0.5) is 5.69 Å². The van der Waals surface area contributed by atoms with Crippen LogP contribution in [0.2, 0.25) is 0 Å². The van der Waals surface area contributed by atoms with E-state index in [9.17, 15) is 9.59 Å². The molecule has 1 unspecified atom stereocenters. The van der Waals surface area contributed by atoms with Gasteiger partial charge in [-0.3, -0.25) is 14.2 Å². The molecule has 1 heterocycles. The van der Waals surface area contributed by atoms with E-state index in [1.54, 1.807) is 13.3 Å². The smallest absolute Gasteiger partial charge is 0.243 e. The average molecular weight is 410 g/mol. The predicted octanol–water partition coefficient (Wildman–Crippen LogP) is 3.12. The molecule has 0 radical (unpaired) electrons. The molecule has 2 aromatic carbocycles. The molecule has 0 fully saturated rings. The molecule has 7 nitrogen and oxygen atoms in total. The summed E-state index contributed by atoms with van der Waals surface area (Å²) in [4.78, 5) is 24.7. The van der Waals surface area contributed by atoms with Crippen molar-refractivity contribution in [3.05, 3.63) is 66.0 Å². The average Bonchev–Trinajstić information content (AvgIpc) is 3.17. The highest BCUT2D eigenvalue weighted by molar-refractivity contribution is 8.00. The summed E-state index contributed by atoms with van der Waals surface area (Å²) in [6.07, 6.45) is 1.61. The van der Waals surface area contributed by atoms with Crippen LogP contribution in [0.1, 0.15) is 18.1 Å². The van der Waals surface area contributed by atoms with Crippen LogP contribution in [-0.2, 0) is 9.59 Å². The third-order valence-corrected chi connectivity index (χ3v) is 5.43. The van der Waals surface area contributed by atoms with Crippen molar-refractivity contribution in [1.29, 1.82) is 0 Å². The predicted molar refractivity (Wildman–Crippen MR) is 114 cm³/mol. The fourth-order valence-corrected chi connectivity index (χ4v) is 3.66. The van der Waals surface area contributed by atoms with Crippen LogP contribution in [-0.4, -0.2) is 38.4 Å². The molecule has 2 amide bonds. The zero-order chi connectivity index (χ0) is 20.8. The van der Waals surface area contributed by atoms with E-state index in [2.05, 4.69) is 20.8 Å². The minimum Gasteiger partial charge on any atom is -0.346 e. The van der Waals surface area contributed by atoms with Crippen molar-refractivity contribution in [1.82, 2.24) is 20.1 Å². The molecule has 3 aromatic rings. The first kappa shape index (κ1) is 20.6. The monoisotopic (exact) mass is 409 g/mol. The van der Waals surface area contributed by atoms with Gasteiger partial charge in [-0.1, -0.05) is 48.2 Å². The maximum absolute atomic E-state index is 12.4. The van der Waals surface area contributed by atoms with Crippen LogP contribution in [0.25, 0.3) is 5.69 Å². The first-order chi connectivity index (χ1) is 14.0. The number of carbonyl (C=O) groups excluding carboxylic acids is 2. The molecule has 2 N–H and O–H groups in total. The van der Waals surface area contributed by atoms with Gasteiger partial charge in [-0.2, -0.15) is 0 Å². The van der Waals surface area contributed by atoms with E-state index >= 15 is 0 Å². The SMILES string of the molecule is Cc1cccc(C)c1NC(=O)CNC(=O)C(C)Sc1nncn1-c1ccccc1. The molecule has 0 aliphatic heterocycles. The van der Waals surface area contributed by atoms with Gasteiger partial charge in [0.2, 0.25) is 11.8 Å². The van der Waals surface area contributed by atoms with Gasteiger partial charge in [0.25, 0.3) is 0 Å². The fourth-order valence-electron chi connectivity index (χ4n) is 2.79. The van der Waals surface area contributed by atoms with E-state index in [0.717, 1.165) is 22.5 Å². The number of nitrogens with one attached hydrogen (secondary N) is 2. The molecule has 8 heteroatoms. The van der Waals surface area contributed by atoms with Crippen molar-refractivity contribution in [3.63, 3.8) is 0 Å². The largest absolute Gasteiger partial charge is 0.346 e. The van der Waals surface area contributed by atoms with E-state index in [4.69, 9.17) is 0 Å². The van der Waals surface area contributed by atoms with Gasteiger partial charge in [0, 0.05) is 11.4 Å². The highest BCUT2D eigenvalue weighted by atomic mass is 32.2. The van der Waals surface area contributed by atoms with Gasteiger partial charge in [-0.05, 0) is 44.0 Å². The number of thioether (sulfide) groups is 1. The lowest BCUT2D eigenvalue weighted by molar-refractivity contribution is -0.123. The Morgan fingerprint density at radius 2 is 1.76 bits per heavy atom. The van der Waals surface area contributed by atoms with E-state index < -0.39 is 5.25 Å². The third-order valence-electron chi connectivity index (χ3n) is 4.37. The summed E-state index contributed by atoms with van der Waals surface area (Å²) < 4.78 is 1.82. The number of aryl methyl sites for hydroxylation is 2. The van der Waals surface area contributed by atoms with Crippen LogP contribution in [0, 0.1) is 13.8 Å². The summed E-state index contributed by atoms with van der Waals surface area (Å²) in [6.45, 7) is 5.54. The summed E-state index contributed by atoms with van der Waals surface area (Å²) in [5, 5.41) is 13.8. The van der Waals surface area contributed by atoms with Gasteiger partial charge < -0.3 is 10.6 Å². The number of benzene rings is 2. The molecule has 0 saturated carbocycles. The van der Waals surface area contributed by atoms with Crippen LogP contribution >= 0.6 is 11.8 Å². The summed E-state index contributed by atoms with van der Waals surface area (Å²) >= 11 is 1.29. The van der Waals surface area contributed by atoms with Crippen molar-refractivity contribution in [3.8, 4) is 5.69 Å². The van der Waals surface area contributed by atoms with Crippen molar-refractivity contribution < 1.29 is 9.59 Å². The first-order valence-corrected chi connectivity index (χ1v) is 10.1. The molecule has 0 aliphatic rings. The van der Waals surface area contributed by atoms with Gasteiger partial charge in [0.15, 0.2) is 5.16 Å². The van der Waals surface area contributed by atoms with Crippen LogP contribution in [0.5, 0.6) is 0 Å². The van der Waals surface area contributed by atoms with Crippen molar-refractivity contribution in [2.75, 3.05) is 11.9 Å². The minimum atomic E-state index is -0.436. The summed E-state index contributed by atoms with van der Waals surface area (Å²) in [7, 11) is 0. The molecule has 150 valence electrons. The Morgan fingerprint density at radius 3 is 2.45 bits per heavy atom. The number of anilines is 1. The number of rotatable bonds is 7. The first-order valence-electron chi connectivity index (χ1n) is 9.21. The Hall–Kier alpha value is -3.13. The van der Waals surface area contributed by atoms with Crippen LogP contribution in [0.15, 0.2) is 60.0 Å². The van der Waals surface area contributed by atoms with E-state index in [1.165, 1.54) is 11.8 Å². The second-order valence-corrected chi connectivity index (χ2v) is 7.92. The summed E-state index contributed by atoms with van der Waals surface area (Å²) in [5.74, 6) is -0.505. The number of hydrogen-bond donors (Lipinski definition) is 2. The third kappa shape index (κ3) is 5.23. The number of amides is 2. The number of nitrogens with zero attached hydrogens (tertiary/aromatic N) is 3. The standard InChI is InChI=1S/C21H23N5O2S/c1-14-8-7-9-15(2)19(14)24-18(27)12-22-20(28)16(3)29-21-25-23-13-26(21)17-10-5-4-6-11-17/h4-11,13,16H,12H2,1-3H3,(H,22,28)(H,24,27). The van der Waals surface area contributed by atoms with Gasteiger partial charge in [0.1, 0.15) is 6.33 Å². The molecule has 0 bridgehead atoms. The molecule has 0 saturated heterocycles. The quantitative estimate of drug-likeness (QED) is 0.585. The lowest BCUT2D eigenvalue weighted by Gasteiger charge is -2.14. The molecule has 0 aliphatic carbocycles. The number of carbonyl (C=O) groups is 2. The molecular weight excluding hydrogens is 386 g/mol. The Balaban J connectivity index is 1.55. The molecule has 1 atom stereocenters. The maximum Gasteiger partial charge on any atom is 0.243 e. The van der Waals surface area contributed by atoms with Gasteiger partial charge >= 0.3 is 0 Å². The lowest BCUT2D eigenvalue weighted by atomic mass is 10.1. The van der Waals surface area contributed by atoms with Crippen molar-refractivity contribution >= 4 is 29.3 Å². The Bertz CT molecular complexity index is 983. The number of para-hydroxylation sites is 2. The number of hydrogen-bond acceptors (Lipinski definition) is 5. The maximum atomic E-state index is 12.4. The Labute approximate surface area is 173 Å². The fraction of sp³-hybridized carbons (Fsp3) is 0.238. The molecule has 3 rings (SSSR count). The van der Waals surface area contributed by atoms with Gasteiger partial charge in [-0.15, -0.1) is 10.2 Å². The number of aromatic nitrogens is 3. The molecule has 0 spiro atoms. The molecule has 1 aromatic heterocycles. The molecular formula is C21H23N5O2S. The zero-order valence-corrected chi connectivity index (χ0v) is 17.4. The molecule has 29 heavy (non-hydrogen) atoms. The minimum absolute atomic E-state index is 0.0944. The van der Waals surface area contributed by atoms with E-state index in [0.29, 0.717) is 5.16 Å². The van der Waals surface area contributed by atoms with Crippen LogP contribution < -0.4 is 10.6 Å². The van der Waals surface area contributed by atoms with E-state index in [-0.39, 0.29) is 18.4 Å². The normalized spacial score (nSPS) is 11.7. The summed E-state index contributed by atoms with van der Waals surface area (Å²) in [6, 6.07) is 15.5. The zero-order valence-electron chi connectivity index (χ0n) is 16.5. The second kappa shape index (κ2) is 9.38. The Kier molecular flexibility index (Phi) is 6.66. The second-order valence-electron chi connectivity index (χ2n) is 6.61. The van der Waals surface area contributed by atoms with Crippen LogP contribution in [0.3, 0.4) is 0 Å². The summed E-state index contributed by atoms with van der Waals surface area (Å²) in [5.41, 5.74) is 3.66.